The first-order valence-corrected chi connectivity index (χ1v) is 11.4. The van der Waals surface area contributed by atoms with Crippen LogP contribution in [0.15, 0.2) is 55.2 Å². The van der Waals surface area contributed by atoms with Crippen molar-refractivity contribution in [3.8, 4) is 0 Å². The van der Waals surface area contributed by atoms with Gasteiger partial charge in [0.05, 0.1) is 21.9 Å². The summed E-state index contributed by atoms with van der Waals surface area (Å²) in [6.07, 6.45) is 2.58. The maximum Gasteiger partial charge on any atom is 0.225 e. The molecule has 1 aromatic heterocycles. The van der Waals surface area contributed by atoms with Crippen LogP contribution in [0.3, 0.4) is 0 Å². The number of benzene rings is 2. The average Bonchev–Trinajstić information content (AvgIpc) is 3.30. The van der Waals surface area contributed by atoms with Crippen LogP contribution in [0.5, 0.6) is 0 Å². The van der Waals surface area contributed by atoms with E-state index >= 15 is 0 Å². The van der Waals surface area contributed by atoms with Crippen LogP contribution in [0.4, 0.5) is 21.8 Å². The van der Waals surface area contributed by atoms with Crippen molar-refractivity contribution in [1.82, 2.24) is 15.3 Å². The summed E-state index contributed by atoms with van der Waals surface area (Å²) in [6.45, 7) is 7.14. The Balaban J connectivity index is 1.65. The van der Waals surface area contributed by atoms with Crippen molar-refractivity contribution >= 4 is 46.4 Å². The monoisotopic (exact) mass is 486 g/mol. The molecule has 0 saturated carbocycles. The number of hydrogen-bond donors (Lipinski definition) is 3. The Morgan fingerprint density at radius 2 is 2.00 bits per heavy atom. The predicted molar refractivity (Wildman–Crippen MR) is 134 cm³/mol. The summed E-state index contributed by atoms with van der Waals surface area (Å²) in [5, 5.41) is 7.52. The Kier molecular flexibility index (Phi) is 7.33. The first kappa shape index (κ1) is 23.3. The summed E-state index contributed by atoms with van der Waals surface area (Å²) in [4.78, 5) is 10.9. The fraction of sp³-hybridized carbons (Fsp3) is 0.250. The minimum absolute atomic E-state index is 0.294. The van der Waals surface area contributed by atoms with Gasteiger partial charge in [0.1, 0.15) is 5.82 Å². The quantitative estimate of drug-likeness (QED) is 0.405. The largest absolute Gasteiger partial charge is 0.394 e. The standard InChI is InChI=1S/C24H25Cl2FN6/c1-15(22-19(25)6-3-7-20(22)26)33(14-17-8-9-29-11-17)23-21(28)13-31-24(32-23)30-12-16-4-2-5-18(27)10-16/h2-7,10,13,17,29H,1,8-9,11-12,14,28H2,(H,30,31,32). The first-order chi connectivity index (χ1) is 15.9. The van der Waals surface area contributed by atoms with Gasteiger partial charge in [0, 0.05) is 24.4 Å². The van der Waals surface area contributed by atoms with Gasteiger partial charge in [-0.2, -0.15) is 4.98 Å². The van der Waals surface area contributed by atoms with E-state index in [1.165, 1.54) is 12.1 Å². The van der Waals surface area contributed by atoms with Gasteiger partial charge in [0.25, 0.3) is 0 Å². The molecule has 0 amide bonds. The minimum Gasteiger partial charge on any atom is -0.394 e. The summed E-state index contributed by atoms with van der Waals surface area (Å²) < 4.78 is 13.5. The van der Waals surface area contributed by atoms with E-state index in [0.29, 0.717) is 57.8 Å². The highest BCUT2D eigenvalue weighted by molar-refractivity contribution is 6.37. The molecule has 172 valence electrons. The predicted octanol–water partition coefficient (Wildman–Crippen LogP) is 5.20. The Labute approximate surface area is 202 Å². The summed E-state index contributed by atoms with van der Waals surface area (Å²) in [7, 11) is 0. The number of aromatic nitrogens is 2. The van der Waals surface area contributed by atoms with Crippen molar-refractivity contribution < 1.29 is 4.39 Å². The zero-order valence-electron chi connectivity index (χ0n) is 18.0. The average molecular weight is 487 g/mol. The van der Waals surface area contributed by atoms with Crippen LogP contribution >= 0.6 is 23.2 Å². The number of anilines is 3. The van der Waals surface area contributed by atoms with Crippen molar-refractivity contribution in [2.24, 2.45) is 5.92 Å². The number of nitrogens with zero attached hydrogens (tertiary/aromatic N) is 3. The van der Waals surface area contributed by atoms with Gasteiger partial charge in [-0.1, -0.05) is 48.0 Å². The lowest BCUT2D eigenvalue weighted by Crippen LogP contribution is -2.31. The number of rotatable bonds is 8. The van der Waals surface area contributed by atoms with Gasteiger partial charge in [0.15, 0.2) is 5.82 Å². The molecule has 1 unspecified atom stereocenters. The van der Waals surface area contributed by atoms with Gasteiger partial charge in [-0.3, -0.25) is 0 Å². The molecule has 0 bridgehead atoms. The van der Waals surface area contributed by atoms with Crippen LogP contribution in [0, 0.1) is 11.7 Å². The van der Waals surface area contributed by atoms with Crippen LogP contribution in [-0.2, 0) is 6.54 Å². The Morgan fingerprint density at radius 1 is 1.24 bits per heavy atom. The lowest BCUT2D eigenvalue weighted by Gasteiger charge is -2.30. The molecular formula is C24H25Cl2FN6. The number of nitrogens with one attached hydrogen (secondary N) is 2. The smallest absolute Gasteiger partial charge is 0.225 e. The second-order valence-corrected chi connectivity index (χ2v) is 8.78. The van der Waals surface area contributed by atoms with Crippen molar-refractivity contribution in [1.29, 1.82) is 0 Å². The summed E-state index contributed by atoms with van der Waals surface area (Å²) in [6, 6.07) is 11.7. The van der Waals surface area contributed by atoms with E-state index in [9.17, 15) is 4.39 Å². The highest BCUT2D eigenvalue weighted by atomic mass is 35.5. The molecule has 4 rings (SSSR count). The second kappa shape index (κ2) is 10.4. The molecule has 1 aliphatic heterocycles. The molecule has 33 heavy (non-hydrogen) atoms. The van der Waals surface area contributed by atoms with Crippen molar-refractivity contribution in [2.75, 3.05) is 35.6 Å². The minimum atomic E-state index is -0.294. The molecule has 2 heterocycles. The zero-order valence-corrected chi connectivity index (χ0v) is 19.5. The molecule has 9 heteroatoms. The van der Waals surface area contributed by atoms with Crippen molar-refractivity contribution in [3.63, 3.8) is 0 Å². The van der Waals surface area contributed by atoms with Gasteiger partial charge in [-0.25, -0.2) is 9.37 Å². The molecule has 2 aromatic carbocycles. The lowest BCUT2D eigenvalue weighted by molar-refractivity contribution is 0.587. The van der Waals surface area contributed by atoms with Crippen molar-refractivity contribution in [3.05, 3.63) is 82.2 Å². The fourth-order valence-corrected chi connectivity index (χ4v) is 4.49. The molecule has 1 atom stereocenters. The number of nitrogen functional groups attached to an aromatic ring is 1. The number of halogens is 3. The van der Waals surface area contributed by atoms with E-state index < -0.39 is 0 Å². The third kappa shape index (κ3) is 5.55. The third-order valence-corrected chi connectivity index (χ3v) is 6.20. The van der Waals surface area contributed by atoms with Gasteiger partial charge in [-0.05, 0) is 55.3 Å². The summed E-state index contributed by atoms with van der Waals surface area (Å²) in [5.41, 5.74) is 8.75. The lowest BCUT2D eigenvalue weighted by atomic mass is 10.1. The summed E-state index contributed by atoms with van der Waals surface area (Å²) in [5.74, 6) is 0.967. The molecule has 1 fully saturated rings. The van der Waals surface area contributed by atoms with Crippen LogP contribution in [0.1, 0.15) is 17.5 Å². The molecule has 4 N–H and O–H groups in total. The molecule has 1 saturated heterocycles. The van der Waals surface area contributed by atoms with Crippen LogP contribution in [0.2, 0.25) is 10.0 Å². The second-order valence-electron chi connectivity index (χ2n) is 7.97. The third-order valence-electron chi connectivity index (χ3n) is 5.57. The topological polar surface area (TPSA) is 79.1 Å². The van der Waals surface area contributed by atoms with Crippen LogP contribution in [-0.4, -0.2) is 29.6 Å². The Hall–Kier alpha value is -2.87. The number of nitrogens with two attached hydrogens (primary N) is 1. The van der Waals surface area contributed by atoms with Gasteiger partial charge < -0.3 is 21.3 Å². The van der Waals surface area contributed by atoms with Gasteiger partial charge in [-0.15, -0.1) is 0 Å². The summed E-state index contributed by atoms with van der Waals surface area (Å²) >= 11 is 13.0. The molecule has 0 spiro atoms. The Bertz CT molecular complexity index is 1130. The number of hydrogen-bond acceptors (Lipinski definition) is 6. The van der Waals surface area contributed by atoms with E-state index in [-0.39, 0.29) is 5.82 Å². The zero-order chi connectivity index (χ0) is 23.4. The highest BCUT2D eigenvalue weighted by Crippen LogP contribution is 2.36. The molecule has 1 aliphatic rings. The molecule has 6 nitrogen and oxygen atoms in total. The van der Waals surface area contributed by atoms with Gasteiger partial charge in [0.2, 0.25) is 5.95 Å². The van der Waals surface area contributed by atoms with Gasteiger partial charge >= 0.3 is 0 Å². The van der Waals surface area contributed by atoms with Crippen LogP contribution < -0.4 is 21.3 Å². The van der Waals surface area contributed by atoms with E-state index in [0.717, 1.165) is 25.1 Å². The maximum absolute atomic E-state index is 13.5. The molecule has 0 radical (unpaired) electrons. The maximum atomic E-state index is 13.5. The molecule has 3 aromatic rings. The normalized spacial score (nSPS) is 15.4. The van der Waals surface area contributed by atoms with E-state index in [1.54, 1.807) is 30.5 Å². The van der Waals surface area contributed by atoms with E-state index in [4.69, 9.17) is 28.9 Å². The fourth-order valence-electron chi connectivity index (χ4n) is 3.87. The van der Waals surface area contributed by atoms with Crippen LogP contribution in [0.25, 0.3) is 5.70 Å². The van der Waals surface area contributed by atoms with E-state index in [1.807, 2.05) is 11.0 Å². The van der Waals surface area contributed by atoms with E-state index in [2.05, 4.69) is 27.2 Å². The Morgan fingerprint density at radius 3 is 2.70 bits per heavy atom. The first-order valence-electron chi connectivity index (χ1n) is 10.6. The molecule has 0 aliphatic carbocycles. The molecular weight excluding hydrogens is 462 g/mol. The highest BCUT2D eigenvalue weighted by Gasteiger charge is 2.25. The van der Waals surface area contributed by atoms with Crippen molar-refractivity contribution in [2.45, 2.75) is 13.0 Å². The SMILES string of the molecule is C=C(c1c(Cl)cccc1Cl)N(CC1CCNC1)c1nc(NCc2cccc(F)c2)ncc1N.